The van der Waals surface area contributed by atoms with Gasteiger partial charge >= 0.3 is 10.2 Å². The van der Waals surface area contributed by atoms with Crippen molar-refractivity contribution >= 4 is 32.6 Å². The summed E-state index contributed by atoms with van der Waals surface area (Å²) in [6.07, 6.45) is 0. The minimum Gasteiger partial charge on any atom is -0.860 e. The van der Waals surface area contributed by atoms with Crippen molar-refractivity contribution < 1.29 is 23.7 Å². The molecular weight excluding hydrogens is 284 g/mol. The van der Waals surface area contributed by atoms with Crippen molar-refractivity contribution in [2.24, 2.45) is 4.40 Å². The predicted octanol–water partition coefficient (Wildman–Crippen LogP) is 0.0746. The van der Waals surface area contributed by atoms with Gasteiger partial charge in [0, 0.05) is 0 Å². The minimum absolute atomic E-state index is 0.0159. The monoisotopic (exact) mass is 293 g/mol. The van der Waals surface area contributed by atoms with Crippen LogP contribution >= 0.6 is 0 Å². The molecule has 0 amide bonds. The first kappa shape index (κ1) is 12.5. The Morgan fingerprint density at radius 3 is 2.55 bits per heavy atom. The van der Waals surface area contributed by atoms with Gasteiger partial charge in [-0.15, -0.1) is 0 Å². The van der Waals surface area contributed by atoms with E-state index in [1.165, 1.54) is 24.3 Å². The molecule has 1 heterocycles. The fourth-order valence-electron chi connectivity index (χ4n) is 2.08. The highest BCUT2D eigenvalue weighted by Crippen LogP contribution is 2.36. The van der Waals surface area contributed by atoms with Gasteiger partial charge in [-0.2, -0.15) is 12.8 Å². The van der Waals surface area contributed by atoms with Crippen molar-refractivity contribution in [3.05, 3.63) is 30.3 Å². The van der Waals surface area contributed by atoms with Crippen LogP contribution in [0.25, 0.3) is 10.8 Å². The van der Waals surface area contributed by atoms with E-state index in [-0.39, 0.29) is 17.2 Å². The Hall–Kier alpha value is -2.48. The molecule has 0 aliphatic carbocycles. The lowest BCUT2D eigenvalue weighted by atomic mass is 10.1. The van der Waals surface area contributed by atoms with E-state index in [0.717, 1.165) is 4.31 Å². The zero-order valence-corrected chi connectivity index (χ0v) is 10.8. The molecule has 0 fully saturated rings. The van der Waals surface area contributed by atoms with Gasteiger partial charge in [-0.3, -0.25) is 0 Å². The van der Waals surface area contributed by atoms with Gasteiger partial charge in [-0.25, -0.2) is 4.31 Å². The molecule has 0 aromatic heterocycles. The highest BCUT2D eigenvalue weighted by atomic mass is 32.2. The molecule has 0 atom stereocenters. The second-order valence-electron chi connectivity index (χ2n) is 4.34. The number of rotatable bonds is 1. The zero-order valence-electron chi connectivity index (χ0n) is 10.0. The highest BCUT2D eigenvalue weighted by Gasteiger charge is 2.29. The van der Waals surface area contributed by atoms with Crippen LogP contribution in [0.3, 0.4) is 0 Å². The lowest BCUT2D eigenvalue weighted by Crippen LogP contribution is -2.30. The maximum atomic E-state index is 11.7. The fraction of sp³-hybridized carbons (Fsp3) is 0.0833. The van der Waals surface area contributed by atoms with Crippen LogP contribution in [0.15, 0.2) is 34.7 Å². The summed E-state index contributed by atoms with van der Waals surface area (Å²) in [4.78, 5) is 0. The number of anilines is 1. The van der Waals surface area contributed by atoms with Gasteiger partial charge in [-0.1, -0.05) is 6.07 Å². The van der Waals surface area contributed by atoms with Gasteiger partial charge in [0.1, 0.15) is 11.5 Å². The van der Waals surface area contributed by atoms with Crippen LogP contribution in [0.1, 0.15) is 0 Å². The van der Waals surface area contributed by atoms with E-state index in [1.807, 2.05) is 0 Å². The van der Waals surface area contributed by atoms with Crippen molar-refractivity contribution in [1.82, 2.24) is 0 Å². The van der Waals surface area contributed by atoms with Crippen molar-refractivity contribution in [1.29, 1.82) is 0 Å². The van der Waals surface area contributed by atoms with E-state index in [2.05, 4.69) is 4.40 Å². The maximum Gasteiger partial charge on any atom is 0.344 e. The summed E-state index contributed by atoms with van der Waals surface area (Å²) in [7, 11) is -4.09. The summed E-state index contributed by atoms with van der Waals surface area (Å²) in [5.41, 5.74) is -0.0159. The summed E-state index contributed by atoms with van der Waals surface area (Å²) in [6.45, 7) is -0.431. The number of hydrogen-bond donors (Lipinski definition) is 2. The summed E-state index contributed by atoms with van der Waals surface area (Å²) in [5.74, 6) is -1.06. The molecule has 0 saturated heterocycles. The smallest absolute Gasteiger partial charge is 0.344 e. The van der Waals surface area contributed by atoms with Crippen LogP contribution in [0.2, 0.25) is 0 Å². The van der Waals surface area contributed by atoms with Crippen molar-refractivity contribution in [2.45, 2.75) is 0 Å². The lowest BCUT2D eigenvalue weighted by Gasteiger charge is -2.18. The van der Waals surface area contributed by atoms with E-state index >= 15 is 0 Å². The summed E-state index contributed by atoms with van der Waals surface area (Å²) < 4.78 is 27.2. The van der Waals surface area contributed by atoms with Crippen LogP contribution in [0.5, 0.6) is 11.5 Å². The first-order valence-electron chi connectivity index (χ1n) is 5.61. The largest absolute Gasteiger partial charge is 0.860 e. The Morgan fingerprint density at radius 1 is 1.15 bits per heavy atom. The number of aromatic hydroxyl groups is 2. The van der Waals surface area contributed by atoms with Gasteiger partial charge in [0.15, 0.2) is 0 Å². The van der Waals surface area contributed by atoms with Crippen molar-refractivity contribution in [2.75, 3.05) is 10.8 Å². The van der Waals surface area contributed by atoms with Crippen LogP contribution in [0.4, 0.5) is 5.69 Å². The van der Waals surface area contributed by atoms with Crippen LogP contribution < -0.4 is 9.41 Å². The van der Waals surface area contributed by atoms with Crippen LogP contribution in [-0.2, 0) is 10.2 Å². The summed E-state index contributed by atoms with van der Waals surface area (Å²) >= 11 is 0. The number of nitrogens with zero attached hydrogens (tertiary/aromatic N) is 2. The Kier molecular flexibility index (Phi) is 2.51. The second kappa shape index (κ2) is 4.01. The van der Waals surface area contributed by atoms with E-state index in [1.54, 1.807) is 6.07 Å². The molecule has 3 rings (SSSR count). The minimum atomic E-state index is -4.09. The van der Waals surface area contributed by atoms with Crippen molar-refractivity contribution in [3.63, 3.8) is 0 Å². The molecule has 8 heteroatoms. The number of phenolic OH excluding ortho intramolecular Hbond substituents is 2. The van der Waals surface area contributed by atoms with Gasteiger partial charge in [0.25, 0.3) is 0 Å². The molecule has 7 nitrogen and oxygen atoms in total. The average Bonchev–Trinajstić information content (AvgIpc) is 2.61. The Balaban J connectivity index is 2.18. The SMILES string of the molecule is O=S1(=O)N=C([O-])CN1c1cc2ccc(O)cc2cc1O. The summed E-state index contributed by atoms with van der Waals surface area (Å²) in [5, 5.41) is 31.6. The van der Waals surface area contributed by atoms with E-state index in [0.29, 0.717) is 10.8 Å². The zero-order chi connectivity index (χ0) is 14.5. The fourth-order valence-corrected chi connectivity index (χ4v) is 3.16. The molecule has 0 spiro atoms. The van der Waals surface area contributed by atoms with Crippen LogP contribution in [-0.4, -0.2) is 31.1 Å². The first-order valence-corrected chi connectivity index (χ1v) is 7.01. The molecule has 20 heavy (non-hydrogen) atoms. The Morgan fingerprint density at radius 2 is 1.90 bits per heavy atom. The Bertz CT molecular complexity index is 844. The van der Waals surface area contributed by atoms with Crippen LogP contribution in [0, 0.1) is 0 Å². The Labute approximate surface area is 114 Å². The number of benzene rings is 2. The third-order valence-electron chi connectivity index (χ3n) is 2.96. The third kappa shape index (κ3) is 1.90. The number of hydrogen-bond acceptors (Lipinski definition) is 5. The highest BCUT2D eigenvalue weighted by molar-refractivity contribution is 7.92. The molecule has 0 unspecified atom stereocenters. The number of phenols is 2. The molecular formula is C12H9N2O5S-. The van der Waals surface area contributed by atoms with E-state index in [9.17, 15) is 23.7 Å². The molecule has 0 saturated carbocycles. The lowest BCUT2D eigenvalue weighted by molar-refractivity contribution is -0.215. The molecule has 1 aliphatic heterocycles. The summed E-state index contributed by atoms with van der Waals surface area (Å²) in [6, 6.07) is 7.21. The molecule has 2 aromatic rings. The van der Waals surface area contributed by atoms with E-state index in [4.69, 9.17) is 0 Å². The standard InChI is InChI=1S/C12H10N2O5S/c15-9-2-1-7-4-10(11(16)5-8(7)3-9)14-6-12(17)13-20(14,18)19/h1-5,15-16H,6H2,(H,13,17)/p-1. The maximum absolute atomic E-state index is 11.7. The quantitative estimate of drug-likeness (QED) is 0.772. The predicted molar refractivity (Wildman–Crippen MR) is 71.0 cm³/mol. The first-order chi connectivity index (χ1) is 9.37. The molecule has 1 aliphatic rings. The molecule has 2 aromatic carbocycles. The normalized spacial score (nSPS) is 17.4. The topological polar surface area (TPSA) is 113 Å². The molecule has 2 N–H and O–H groups in total. The molecule has 104 valence electrons. The second-order valence-corrected chi connectivity index (χ2v) is 5.86. The number of fused-ring (bicyclic) bond motifs is 1. The van der Waals surface area contributed by atoms with Crippen molar-refractivity contribution in [3.8, 4) is 11.5 Å². The molecule has 0 bridgehead atoms. The molecule has 0 radical (unpaired) electrons. The third-order valence-corrected chi connectivity index (χ3v) is 4.28. The van der Waals surface area contributed by atoms with Gasteiger partial charge in [0.2, 0.25) is 0 Å². The van der Waals surface area contributed by atoms with E-state index < -0.39 is 22.7 Å². The van der Waals surface area contributed by atoms with Gasteiger partial charge < -0.3 is 15.3 Å². The average molecular weight is 293 g/mol. The van der Waals surface area contributed by atoms with Gasteiger partial charge in [-0.05, 0) is 40.9 Å². The van der Waals surface area contributed by atoms with Gasteiger partial charge in [0.05, 0.1) is 12.2 Å².